The van der Waals surface area contributed by atoms with Crippen LogP contribution in [0.3, 0.4) is 0 Å². The average molecular weight is 420 g/mol. The summed E-state index contributed by atoms with van der Waals surface area (Å²) >= 11 is 0. The van der Waals surface area contributed by atoms with Gasteiger partial charge in [0.25, 0.3) is 0 Å². The Bertz CT molecular complexity index is 750. The van der Waals surface area contributed by atoms with Gasteiger partial charge in [0, 0.05) is 39.3 Å². The summed E-state index contributed by atoms with van der Waals surface area (Å²) in [5.74, 6) is -0.507. The van der Waals surface area contributed by atoms with Crippen molar-refractivity contribution < 1.29 is 24.5 Å². The summed E-state index contributed by atoms with van der Waals surface area (Å²) in [4.78, 5) is 31.4. The number of carbonyl (C=O) groups excluding carboxylic acids is 1. The molecule has 0 aliphatic carbocycles. The van der Waals surface area contributed by atoms with Crippen molar-refractivity contribution in [1.82, 2.24) is 14.7 Å². The summed E-state index contributed by atoms with van der Waals surface area (Å²) in [6.07, 6.45) is -0.621. The molecule has 0 unspecified atom stereocenters. The summed E-state index contributed by atoms with van der Waals surface area (Å²) < 4.78 is 5.24. The molecular weight excluding hydrogens is 386 g/mol. The molecule has 0 aromatic heterocycles. The van der Waals surface area contributed by atoms with Crippen LogP contribution in [0.5, 0.6) is 5.75 Å². The van der Waals surface area contributed by atoms with Crippen molar-refractivity contribution in [3.63, 3.8) is 0 Å². The van der Waals surface area contributed by atoms with Gasteiger partial charge >= 0.3 is 5.97 Å². The number of hydrogen-bond donors (Lipinski definition) is 2. The Balaban J connectivity index is 1.71. The maximum Gasteiger partial charge on any atom is 0.314 e. The van der Waals surface area contributed by atoms with Crippen molar-refractivity contribution in [3.05, 3.63) is 29.8 Å². The molecule has 2 N–H and O–H groups in total. The Labute approximate surface area is 178 Å². The fourth-order valence-electron chi connectivity index (χ4n) is 4.45. The number of carboxylic acid groups (broad SMARTS) is 1. The Morgan fingerprint density at radius 1 is 1.17 bits per heavy atom. The molecule has 3 rings (SSSR count). The number of aliphatic carboxylic acids is 1. The second kappa shape index (κ2) is 9.76. The normalized spacial score (nSPS) is 25.8. The molecule has 2 aliphatic rings. The van der Waals surface area contributed by atoms with Crippen LogP contribution in [-0.4, -0.2) is 102 Å². The number of methoxy groups -OCH3 is 1. The topological polar surface area (TPSA) is 93.5 Å². The predicted octanol–water partition coefficient (Wildman–Crippen LogP) is 0.539. The highest BCUT2D eigenvalue weighted by Crippen LogP contribution is 2.35. The first-order valence-corrected chi connectivity index (χ1v) is 10.6. The van der Waals surface area contributed by atoms with Gasteiger partial charge in [0.1, 0.15) is 11.2 Å². The standard InChI is InChI=1S/C22H33N3O5/c1-3-23-9-11-24(12-10-23)15-20(27)25-8-7-19(26)22(16-25,21(28)29)14-17-5-4-6-18(13-17)30-2/h4-6,13,19,26H,3,7-12,14-16H2,1-2H3,(H,28,29)/t19-,22+/m0/s1. The van der Waals surface area contributed by atoms with Crippen molar-refractivity contribution in [1.29, 1.82) is 0 Å². The van der Waals surface area contributed by atoms with Gasteiger partial charge in [-0.3, -0.25) is 14.5 Å². The molecule has 1 aromatic carbocycles. The number of amides is 1. The zero-order valence-electron chi connectivity index (χ0n) is 17.9. The van der Waals surface area contributed by atoms with E-state index in [1.54, 1.807) is 30.2 Å². The van der Waals surface area contributed by atoms with E-state index >= 15 is 0 Å². The third kappa shape index (κ3) is 4.94. The van der Waals surface area contributed by atoms with Gasteiger partial charge in [0.15, 0.2) is 0 Å². The molecule has 2 atom stereocenters. The van der Waals surface area contributed by atoms with Gasteiger partial charge in [-0.15, -0.1) is 0 Å². The number of nitrogens with zero attached hydrogens (tertiary/aromatic N) is 3. The van der Waals surface area contributed by atoms with Crippen molar-refractivity contribution in [2.75, 3.05) is 59.5 Å². The van der Waals surface area contributed by atoms with Crippen LogP contribution in [0.2, 0.25) is 0 Å². The number of piperidine rings is 1. The molecule has 166 valence electrons. The Morgan fingerprint density at radius 3 is 2.50 bits per heavy atom. The third-order valence-corrected chi connectivity index (χ3v) is 6.49. The summed E-state index contributed by atoms with van der Waals surface area (Å²) in [5, 5.41) is 20.8. The van der Waals surface area contributed by atoms with Crippen LogP contribution in [0.1, 0.15) is 18.9 Å². The number of likely N-dealkylation sites (tertiary alicyclic amines) is 1. The summed E-state index contributed by atoms with van der Waals surface area (Å²) in [5.41, 5.74) is -0.665. The zero-order valence-corrected chi connectivity index (χ0v) is 17.9. The molecule has 2 heterocycles. The molecule has 1 aromatic rings. The van der Waals surface area contributed by atoms with Gasteiger partial charge in [-0.05, 0) is 37.1 Å². The molecule has 2 saturated heterocycles. The third-order valence-electron chi connectivity index (χ3n) is 6.49. The first-order valence-electron chi connectivity index (χ1n) is 10.6. The number of rotatable bonds is 7. The van der Waals surface area contributed by atoms with Crippen molar-refractivity contribution >= 4 is 11.9 Å². The van der Waals surface area contributed by atoms with Crippen LogP contribution >= 0.6 is 0 Å². The number of benzene rings is 1. The number of likely N-dealkylation sites (N-methyl/N-ethyl adjacent to an activating group) is 1. The number of piperazine rings is 1. The van der Waals surface area contributed by atoms with E-state index in [0.29, 0.717) is 18.8 Å². The van der Waals surface area contributed by atoms with E-state index < -0.39 is 17.5 Å². The number of aliphatic hydroxyl groups excluding tert-OH is 1. The highest BCUT2D eigenvalue weighted by atomic mass is 16.5. The molecule has 30 heavy (non-hydrogen) atoms. The lowest BCUT2D eigenvalue weighted by molar-refractivity contribution is -0.166. The van der Waals surface area contributed by atoms with Crippen LogP contribution in [-0.2, 0) is 16.0 Å². The van der Waals surface area contributed by atoms with E-state index in [0.717, 1.165) is 38.3 Å². The molecule has 8 nitrogen and oxygen atoms in total. The van der Waals surface area contributed by atoms with Gasteiger partial charge < -0.3 is 24.7 Å². The molecule has 0 radical (unpaired) electrons. The smallest absolute Gasteiger partial charge is 0.314 e. The SMILES string of the molecule is CCN1CCN(CC(=O)N2CC[C@H](O)[C@](Cc3cccc(OC)c3)(C(=O)O)C2)CC1. The molecule has 0 spiro atoms. The van der Waals surface area contributed by atoms with Crippen LogP contribution in [0.15, 0.2) is 24.3 Å². The maximum atomic E-state index is 13.0. The van der Waals surface area contributed by atoms with Crippen LogP contribution in [0.25, 0.3) is 0 Å². The lowest BCUT2D eigenvalue weighted by Crippen LogP contribution is -2.60. The minimum Gasteiger partial charge on any atom is -0.497 e. The molecule has 8 heteroatoms. The van der Waals surface area contributed by atoms with Gasteiger partial charge in [-0.1, -0.05) is 19.1 Å². The predicted molar refractivity (Wildman–Crippen MR) is 113 cm³/mol. The van der Waals surface area contributed by atoms with E-state index in [1.807, 2.05) is 6.07 Å². The minimum absolute atomic E-state index is 0.00840. The molecule has 2 aliphatic heterocycles. The largest absolute Gasteiger partial charge is 0.497 e. The second-order valence-corrected chi connectivity index (χ2v) is 8.32. The fraction of sp³-hybridized carbons (Fsp3) is 0.636. The summed E-state index contributed by atoms with van der Waals surface area (Å²) in [6, 6.07) is 7.21. The zero-order chi connectivity index (χ0) is 21.7. The van der Waals surface area contributed by atoms with E-state index in [-0.39, 0.29) is 25.3 Å². The molecule has 0 bridgehead atoms. The lowest BCUT2D eigenvalue weighted by Gasteiger charge is -2.44. The number of ether oxygens (including phenoxy) is 1. The quantitative estimate of drug-likeness (QED) is 0.666. The Kier molecular flexibility index (Phi) is 7.33. The van der Waals surface area contributed by atoms with E-state index in [2.05, 4.69) is 16.7 Å². The first-order chi connectivity index (χ1) is 14.4. The van der Waals surface area contributed by atoms with Gasteiger partial charge in [0.2, 0.25) is 5.91 Å². The monoisotopic (exact) mass is 419 g/mol. The fourth-order valence-corrected chi connectivity index (χ4v) is 4.45. The van der Waals surface area contributed by atoms with Crippen LogP contribution in [0.4, 0.5) is 0 Å². The van der Waals surface area contributed by atoms with Crippen molar-refractivity contribution in [2.24, 2.45) is 5.41 Å². The first kappa shape index (κ1) is 22.5. The molecular formula is C22H33N3O5. The molecule has 1 amide bonds. The van der Waals surface area contributed by atoms with E-state index in [4.69, 9.17) is 4.74 Å². The molecule has 2 fully saturated rings. The lowest BCUT2D eigenvalue weighted by atomic mass is 9.72. The number of aliphatic hydroxyl groups is 1. The summed E-state index contributed by atoms with van der Waals surface area (Å²) in [6.45, 7) is 7.38. The number of hydrogen-bond acceptors (Lipinski definition) is 6. The van der Waals surface area contributed by atoms with Gasteiger partial charge in [0.05, 0.1) is 19.8 Å². The summed E-state index contributed by atoms with van der Waals surface area (Å²) in [7, 11) is 1.56. The number of carboxylic acids is 1. The van der Waals surface area contributed by atoms with Crippen molar-refractivity contribution in [3.8, 4) is 5.75 Å². The van der Waals surface area contributed by atoms with E-state index in [1.165, 1.54) is 0 Å². The number of carbonyl (C=O) groups is 2. The Morgan fingerprint density at radius 2 is 1.87 bits per heavy atom. The van der Waals surface area contributed by atoms with E-state index in [9.17, 15) is 19.8 Å². The second-order valence-electron chi connectivity index (χ2n) is 8.32. The van der Waals surface area contributed by atoms with Crippen LogP contribution in [0, 0.1) is 5.41 Å². The highest BCUT2D eigenvalue weighted by molar-refractivity contribution is 5.81. The van der Waals surface area contributed by atoms with Gasteiger partial charge in [-0.25, -0.2) is 0 Å². The highest BCUT2D eigenvalue weighted by Gasteiger charge is 2.50. The minimum atomic E-state index is -1.43. The average Bonchev–Trinajstić information content (AvgIpc) is 2.75. The van der Waals surface area contributed by atoms with Gasteiger partial charge in [-0.2, -0.15) is 0 Å². The Hall–Kier alpha value is -2.16. The van der Waals surface area contributed by atoms with Crippen LogP contribution < -0.4 is 4.74 Å². The molecule has 0 saturated carbocycles. The maximum absolute atomic E-state index is 13.0. The van der Waals surface area contributed by atoms with Crippen molar-refractivity contribution in [2.45, 2.75) is 25.9 Å².